The van der Waals surface area contributed by atoms with Crippen LogP contribution in [0.3, 0.4) is 0 Å². The second-order valence-corrected chi connectivity index (χ2v) is 6.35. The van der Waals surface area contributed by atoms with Crippen molar-refractivity contribution in [2.24, 2.45) is 0 Å². The minimum Gasteiger partial charge on any atom is -0.345 e. The summed E-state index contributed by atoms with van der Waals surface area (Å²) < 4.78 is 12.9. The third kappa shape index (κ3) is 5.13. The topological polar surface area (TPSA) is 61.2 Å². The lowest BCUT2D eigenvalue weighted by molar-refractivity contribution is -0.129. The molecular weight excluding hydrogens is 328 g/mol. The molecule has 0 saturated carbocycles. The van der Waals surface area contributed by atoms with Crippen molar-refractivity contribution in [3.63, 3.8) is 0 Å². The molecule has 19 heavy (non-hydrogen) atoms. The van der Waals surface area contributed by atoms with Gasteiger partial charge < -0.3 is 4.90 Å². The number of nitriles is 1. The van der Waals surface area contributed by atoms with Crippen molar-refractivity contribution < 1.29 is 9.00 Å². The van der Waals surface area contributed by atoms with Gasteiger partial charge in [0.1, 0.15) is 0 Å². The SMILES string of the molecule is CN(CCC#N)C(=O)CCS(=O)c1ccccc1Br. The number of halogens is 1. The van der Waals surface area contributed by atoms with Crippen molar-refractivity contribution in [1.82, 2.24) is 4.90 Å². The first-order valence-corrected chi connectivity index (χ1v) is 7.91. The van der Waals surface area contributed by atoms with E-state index in [2.05, 4.69) is 15.9 Å². The Morgan fingerprint density at radius 2 is 2.16 bits per heavy atom. The van der Waals surface area contributed by atoms with Crippen molar-refractivity contribution >= 4 is 32.6 Å². The highest BCUT2D eigenvalue weighted by molar-refractivity contribution is 9.10. The fraction of sp³-hybridized carbons (Fsp3) is 0.385. The van der Waals surface area contributed by atoms with E-state index in [-0.39, 0.29) is 12.3 Å². The van der Waals surface area contributed by atoms with E-state index in [4.69, 9.17) is 5.26 Å². The van der Waals surface area contributed by atoms with Gasteiger partial charge in [0.2, 0.25) is 5.91 Å². The first-order valence-electron chi connectivity index (χ1n) is 5.80. The quantitative estimate of drug-likeness (QED) is 0.796. The van der Waals surface area contributed by atoms with Crippen molar-refractivity contribution in [1.29, 1.82) is 5.26 Å². The van der Waals surface area contributed by atoms with Crippen LogP contribution < -0.4 is 0 Å². The van der Waals surface area contributed by atoms with Crippen molar-refractivity contribution in [3.05, 3.63) is 28.7 Å². The number of rotatable bonds is 6. The maximum atomic E-state index is 12.1. The average Bonchev–Trinajstić information content (AvgIpc) is 2.42. The first kappa shape index (κ1) is 15.9. The summed E-state index contributed by atoms with van der Waals surface area (Å²) in [4.78, 5) is 13.9. The lowest BCUT2D eigenvalue weighted by atomic mass is 10.3. The van der Waals surface area contributed by atoms with Crippen LogP contribution in [0.25, 0.3) is 0 Å². The zero-order valence-corrected chi connectivity index (χ0v) is 13.0. The van der Waals surface area contributed by atoms with Gasteiger partial charge in [-0.15, -0.1) is 0 Å². The van der Waals surface area contributed by atoms with Crippen molar-refractivity contribution in [3.8, 4) is 6.07 Å². The molecule has 0 aliphatic heterocycles. The van der Waals surface area contributed by atoms with Crippen LogP contribution >= 0.6 is 15.9 Å². The molecule has 1 amide bonds. The highest BCUT2D eigenvalue weighted by atomic mass is 79.9. The Labute approximate surface area is 124 Å². The molecule has 1 aromatic carbocycles. The molecule has 0 heterocycles. The number of hydrogen-bond donors (Lipinski definition) is 0. The van der Waals surface area contributed by atoms with Gasteiger partial charge in [0.05, 0.1) is 28.2 Å². The largest absolute Gasteiger partial charge is 0.345 e. The van der Waals surface area contributed by atoms with Crippen LogP contribution in [0, 0.1) is 11.3 Å². The van der Waals surface area contributed by atoms with Gasteiger partial charge in [-0.3, -0.25) is 9.00 Å². The molecule has 0 saturated heterocycles. The van der Waals surface area contributed by atoms with Crippen LogP contribution in [0.15, 0.2) is 33.6 Å². The average molecular weight is 343 g/mol. The second-order valence-electron chi connectivity index (χ2n) is 3.95. The van der Waals surface area contributed by atoms with Crippen LogP contribution in [0.1, 0.15) is 12.8 Å². The Bertz CT molecular complexity index is 514. The van der Waals surface area contributed by atoms with Crippen LogP contribution in [-0.4, -0.2) is 34.4 Å². The molecule has 1 unspecified atom stereocenters. The van der Waals surface area contributed by atoms with Crippen LogP contribution in [0.5, 0.6) is 0 Å². The monoisotopic (exact) mass is 342 g/mol. The second kappa shape index (κ2) is 8.08. The van der Waals surface area contributed by atoms with Gasteiger partial charge in [-0.25, -0.2) is 0 Å². The maximum absolute atomic E-state index is 12.1. The Morgan fingerprint density at radius 1 is 1.47 bits per heavy atom. The number of benzene rings is 1. The minimum absolute atomic E-state index is 0.0874. The van der Waals surface area contributed by atoms with E-state index in [0.717, 1.165) is 4.47 Å². The standard InChI is InChI=1S/C13H15BrN2O2S/c1-16(9-4-8-15)13(17)7-10-19(18)12-6-3-2-5-11(12)14/h2-3,5-6H,4,7,9-10H2,1H3. The number of nitrogens with zero attached hydrogens (tertiary/aromatic N) is 2. The number of carbonyl (C=O) groups excluding carboxylic acids is 1. The first-order chi connectivity index (χ1) is 9.06. The Hall–Kier alpha value is -1.19. The molecule has 1 atom stereocenters. The van der Waals surface area contributed by atoms with E-state index in [1.54, 1.807) is 13.1 Å². The maximum Gasteiger partial charge on any atom is 0.223 e. The number of hydrogen-bond acceptors (Lipinski definition) is 3. The molecular formula is C13H15BrN2O2S. The van der Waals surface area contributed by atoms with Crippen molar-refractivity contribution in [2.75, 3.05) is 19.3 Å². The Morgan fingerprint density at radius 3 is 2.79 bits per heavy atom. The zero-order chi connectivity index (χ0) is 14.3. The lowest BCUT2D eigenvalue weighted by Gasteiger charge is -2.15. The van der Waals surface area contributed by atoms with Crippen LogP contribution in [0.4, 0.5) is 0 Å². The molecule has 0 radical (unpaired) electrons. The van der Waals surface area contributed by atoms with Gasteiger partial charge in [-0.2, -0.15) is 5.26 Å². The predicted molar refractivity (Wildman–Crippen MR) is 77.9 cm³/mol. The van der Waals surface area contributed by atoms with Gasteiger partial charge in [0.15, 0.2) is 0 Å². The summed E-state index contributed by atoms with van der Waals surface area (Å²) in [6.07, 6.45) is 0.533. The van der Waals surface area contributed by atoms with Crippen LogP contribution in [-0.2, 0) is 15.6 Å². The fourth-order valence-electron chi connectivity index (χ4n) is 1.45. The molecule has 0 N–H and O–H groups in total. The van der Waals surface area contributed by atoms with Crippen molar-refractivity contribution in [2.45, 2.75) is 17.7 Å². The van der Waals surface area contributed by atoms with E-state index >= 15 is 0 Å². The number of amides is 1. The highest BCUT2D eigenvalue weighted by Gasteiger charge is 2.13. The Kier molecular flexibility index (Phi) is 6.74. The van der Waals surface area contributed by atoms with Crippen LogP contribution in [0.2, 0.25) is 0 Å². The van der Waals surface area contributed by atoms with Gasteiger partial charge in [0.25, 0.3) is 0 Å². The third-order valence-electron chi connectivity index (χ3n) is 2.57. The molecule has 0 aliphatic carbocycles. The van der Waals surface area contributed by atoms with Gasteiger partial charge >= 0.3 is 0 Å². The summed E-state index contributed by atoms with van der Waals surface area (Å²) in [5.74, 6) is 0.203. The lowest BCUT2D eigenvalue weighted by Crippen LogP contribution is -2.28. The summed E-state index contributed by atoms with van der Waals surface area (Å²) in [5, 5.41) is 8.45. The van der Waals surface area contributed by atoms with E-state index in [1.807, 2.05) is 24.3 Å². The molecule has 0 bridgehead atoms. The molecule has 0 spiro atoms. The minimum atomic E-state index is -1.20. The molecule has 0 fully saturated rings. The van der Waals surface area contributed by atoms with E-state index in [1.165, 1.54) is 4.90 Å². The van der Waals surface area contributed by atoms with E-state index < -0.39 is 10.8 Å². The summed E-state index contributed by atoms with van der Waals surface area (Å²) in [5.41, 5.74) is 0. The fourth-order valence-corrected chi connectivity index (χ4v) is 3.37. The molecule has 0 aromatic heterocycles. The van der Waals surface area contributed by atoms with Gasteiger partial charge in [-0.1, -0.05) is 12.1 Å². The molecule has 1 aromatic rings. The van der Waals surface area contributed by atoms with Gasteiger partial charge in [-0.05, 0) is 28.1 Å². The Balaban J connectivity index is 2.49. The molecule has 4 nitrogen and oxygen atoms in total. The van der Waals surface area contributed by atoms with Gasteiger partial charge in [0, 0.05) is 30.2 Å². The normalized spacial score (nSPS) is 11.6. The zero-order valence-electron chi connectivity index (χ0n) is 10.6. The third-order valence-corrected chi connectivity index (χ3v) is 4.94. The number of carbonyl (C=O) groups is 1. The van der Waals surface area contributed by atoms with E-state index in [9.17, 15) is 9.00 Å². The summed E-state index contributed by atoms with van der Waals surface area (Å²) in [7, 11) is 0.457. The summed E-state index contributed by atoms with van der Waals surface area (Å²) >= 11 is 3.34. The smallest absolute Gasteiger partial charge is 0.223 e. The molecule has 0 aliphatic rings. The molecule has 102 valence electrons. The molecule has 1 rings (SSSR count). The predicted octanol–water partition coefficient (Wildman–Crippen LogP) is 2.32. The molecule has 6 heteroatoms. The summed E-state index contributed by atoms with van der Waals surface area (Å²) in [6.45, 7) is 0.414. The highest BCUT2D eigenvalue weighted by Crippen LogP contribution is 2.20. The summed E-state index contributed by atoms with van der Waals surface area (Å²) in [6, 6.07) is 9.27. The van der Waals surface area contributed by atoms with E-state index in [0.29, 0.717) is 23.6 Å².